The van der Waals surface area contributed by atoms with E-state index in [0.717, 1.165) is 43.3 Å². The molecule has 120 valence electrons. The Kier molecular flexibility index (Phi) is 5.14. The molecule has 1 aromatic carbocycles. The summed E-state index contributed by atoms with van der Waals surface area (Å²) in [6.45, 7) is 5.87. The lowest BCUT2D eigenvalue weighted by atomic mass is 10.0. The largest absolute Gasteiger partial charge is 0.336 e. The normalized spacial score (nSPS) is 21.6. The molecule has 1 aliphatic heterocycles. The third-order valence-electron chi connectivity index (χ3n) is 5.32. The zero-order chi connectivity index (χ0) is 15.4. The van der Waals surface area contributed by atoms with E-state index in [1.807, 2.05) is 36.1 Å². The molecule has 0 spiro atoms. The van der Waals surface area contributed by atoms with Crippen LogP contribution in [-0.4, -0.2) is 47.9 Å². The molecule has 1 aromatic rings. The van der Waals surface area contributed by atoms with Crippen molar-refractivity contribution < 1.29 is 4.79 Å². The van der Waals surface area contributed by atoms with Gasteiger partial charge in [0.25, 0.3) is 5.91 Å². The quantitative estimate of drug-likeness (QED) is 0.781. The molecule has 0 N–H and O–H groups in total. The molecule has 1 amide bonds. The Labute approximate surface area is 134 Å². The standard InChI is InChI=1S/C19H28N2O/c1-16-8-6-7-11-18(16)19(22)21-14-12-20(13-15-21)17-9-4-2-3-5-10-17/h6-8,11,17H,2-5,9-10,12-15H2,1H3. The molecule has 3 nitrogen and oxygen atoms in total. The van der Waals surface area contributed by atoms with E-state index in [1.165, 1.54) is 38.5 Å². The van der Waals surface area contributed by atoms with Crippen LogP contribution in [0, 0.1) is 6.92 Å². The molecular formula is C19H28N2O. The van der Waals surface area contributed by atoms with Crippen molar-refractivity contribution in [2.75, 3.05) is 26.2 Å². The van der Waals surface area contributed by atoms with Crippen LogP contribution < -0.4 is 0 Å². The third kappa shape index (κ3) is 3.52. The van der Waals surface area contributed by atoms with E-state index in [-0.39, 0.29) is 5.91 Å². The lowest BCUT2D eigenvalue weighted by Crippen LogP contribution is -2.52. The molecule has 3 heteroatoms. The van der Waals surface area contributed by atoms with Gasteiger partial charge in [-0.2, -0.15) is 0 Å². The molecule has 0 unspecified atom stereocenters. The van der Waals surface area contributed by atoms with Crippen molar-refractivity contribution in [2.45, 2.75) is 51.5 Å². The Morgan fingerprint density at radius 1 is 0.955 bits per heavy atom. The van der Waals surface area contributed by atoms with E-state index in [1.54, 1.807) is 0 Å². The van der Waals surface area contributed by atoms with Crippen LogP contribution in [0.4, 0.5) is 0 Å². The van der Waals surface area contributed by atoms with E-state index >= 15 is 0 Å². The first-order chi connectivity index (χ1) is 10.8. The number of carbonyl (C=O) groups excluding carboxylic acids is 1. The maximum atomic E-state index is 12.7. The van der Waals surface area contributed by atoms with Gasteiger partial charge < -0.3 is 4.90 Å². The third-order valence-corrected chi connectivity index (χ3v) is 5.32. The number of amides is 1. The summed E-state index contributed by atoms with van der Waals surface area (Å²) in [4.78, 5) is 17.3. The summed E-state index contributed by atoms with van der Waals surface area (Å²) in [5.41, 5.74) is 1.95. The molecule has 1 heterocycles. The highest BCUT2D eigenvalue weighted by Gasteiger charge is 2.27. The smallest absolute Gasteiger partial charge is 0.254 e. The van der Waals surface area contributed by atoms with Gasteiger partial charge in [0.1, 0.15) is 0 Å². The fraction of sp³-hybridized carbons (Fsp3) is 0.632. The van der Waals surface area contributed by atoms with Crippen LogP contribution in [0.2, 0.25) is 0 Å². The van der Waals surface area contributed by atoms with Gasteiger partial charge in [0.05, 0.1) is 0 Å². The number of hydrogen-bond acceptors (Lipinski definition) is 2. The summed E-state index contributed by atoms with van der Waals surface area (Å²) in [5.74, 6) is 0.207. The van der Waals surface area contributed by atoms with Gasteiger partial charge >= 0.3 is 0 Å². The van der Waals surface area contributed by atoms with Gasteiger partial charge in [-0.1, -0.05) is 43.9 Å². The zero-order valence-corrected chi connectivity index (χ0v) is 13.8. The molecule has 0 radical (unpaired) electrons. The predicted octanol–water partition coefficient (Wildman–Crippen LogP) is 3.48. The summed E-state index contributed by atoms with van der Waals surface area (Å²) in [6, 6.07) is 8.70. The molecule has 0 atom stereocenters. The fourth-order valence-electron chi connectivity index (χ4n) is 3.90. The minimum absolute atomic E-state index is 0.207. The van der Waals surface area contributed by atoms with Gasteiger partial charge in [0, 0.05) is 37.8 Å². The van der Waals surface area contributed by atoms with Crippen molar-refractivity contribution in [2.24, 2.45) is 0 Å². The van der Waals surface area contributed by atoms with Gasteiger partial charge in [-0.3, -0.25) is 9.69 Å². The second-order valence-corrected chi connectivity index (χ2v) is 6.79. The Hall–Kier alpha value is -1.35. The highest BCUT2D eigenvalue weighted by molar-refractivity contribution is 5.95. The van der Waals surface area contributed by atoms with Crippen molar-refractivity contribution in [3.05, 3.63) is 35.4 Å². The first-order valence-electron chi connectivity index (χ1n) is 8.84. The highest BCUT2D eigenvalue weighted by atomic mass is 16.2. The summed E-state index contributed by atoms with van der Waals surface area (Å²) in [6.07, 6.45) is 8.28. The lowest BCUT2D eigenvalue weighted by molar-refractivity contribution is 0.0551. The van der Waals surface area contributed by atoms with Crippen molar-refractivity contribution >= 4 is 5.91 Å². The maximum Gasteiger partial charge on any atom is 0.254 e. The molecule has 2 fully saturated rings. The predicted molar refractivity (Wildman–Crippen MR) is 90.1 cm³/mol. The Balaban J connectivity index is 1.57. The SMILES string of the molecule is Cc1ccccc1C(=O)N1CCN(C2CCCCCC2)CC1. The Bertz CT molecular complexity index is 498. The van der Waals surface area contributed by atoms with Gasteiger partial charge in [-0.15, -0.1) is 0 Å². The van der Waals surface area contributed by atoms with Crippen LogP contribution in [0.1, 0.15) is 54.4 Å². The van der Waals surface area contributed by atoms with Crippen LogP contribution in [0.5, 0.6) is 0 Å². The van der Waals surface area contributed by atoms with E-state index < -0.39 is 0 Å². The number of piperazine rings is 1. The second-order valence-electron chi connectivity index (χ2n) is 6.79. The van der Waals surface area contributed by atoms with Crippen LogP contribution in [-0.2, 0) is 0 Å². The van der Waals surface area contributed by atoms with Crippen molar-refractivity contribution in [1.82, 2.24) is 9.80 Å². The molecule has 1 saturated carbocycles. The van der Waals surface area contributed by atoms with Crippen molar-refractivity contribution in [3.63, 3.8) is 0 Å². The molecule has 0 aromatic heterocycles. The maximum absolute atomic E-state index is 12.7. The molecule has 1 saturated heterocycles. The zero-order valence-electron chi connectivity index (χ0n) is 13.8. The number of carbonyl (C=O) groups is 1. The lowest BCUT2D eigenvalue weighted by Gasteiger charge is -2.39. The highest BCUT2D eigenvalue weighted by Crippen LogP contribution is 2.23. The molecule has 1 aliphatic carbocycles. The average molecular weight is 300 g/mol. The monoisotopic (exact) mass is 300 g/mol. The first kappa shape index (κ1) is 15.5. The van der Waals surface area contributed by atoms with Gasteiger partial charge in [0.15, 0.2) is 0 Å². The first-order valence-corrected chi connectivity index (χ1v) is 8.84. The Morgan fingerprint density at radius 3 is 2.23 bits per heavy atom. The van der Waals surface area contributed by atoms with Gasteiger partial charge in [0.2, 0.25) is 0 Å². The minimum Gasteiger partial charge on any atom is -0.336 e. The van der Waals surface area contributed by atoms with E-state index in [4.69, 9.17) is 0 Å². The summed E-state index contributed by atoms with van der Waals surface area (Å²) in [7, 11) is 0. The number of benzene rings is 1. The summed E-state index contributed by atoms with van der Waals surface area (Å²) >= 11 is 0. The topological polar surface area (TPSA) is 23.6 Å². The van der Waals surface area contributed by atoms with E-state index in [0.29, 0.717) is 0 Å². The van der Waals surface area contributed by atoms with E-state index in [9.17, 15) is 4.79 Å². The van der Waals surface area contributed by atoms with Crippen molar-refractivity contribution in [3.8, 4) is 0 Å². The molecule has 22 heavy (non-hydrogen) atoms. The van der Waals surface area contributed by atoms with Crippen LogP contribution in [0.25, 0.3) is 0 Å². The minimum atomic E-state index is 0.207. The number of hydrogen-bond donors (Lipinski definition) is 0. The number of rotatable bonds is 2. The summed E-state index contributed by atoms with van der Waals surface area (Å²) < 4.78 is 0. The summed E-state index contributed by atoms with van der Waals surface area (Å²) in [5, 5.41) is 0. The number of nitrogens with zero attached hydrogens (tertiary/aromatic N) is 2. The second kappa shape index (κ2) is 7.28. The molecule has 0 bridgehead atoms. The Morgan fingerprint density at radius 2 is 1.59 bits per heavy atom. The van der Waals surface area contributed by atoms with Crippen LogP contribution >= 0.6 is 0 Å². The number of aryl methyl sites for hydroxylation is 1. The fourth-order valence-corrected chi connectivity index (χ4v) is 3.90. The average Bonchev–Trinajstić information content (AvgIpc) is 2.84. The van der Waals surface area contributed by atoms with Gasteiger partial charge in [-0.25, -0.2) is 0 Å². The van der Waals surface area contributed by atoms with Crippen molar-refractivity contribution in [1.29, 1.82) is 0 Å². The van der Waals surface area contributed by atoms with Crippen LogP contribution in [0.3, 0.4) is 0 Å². The molecular weight excluding hydrogens is 272 g/mol. The van der Waals surface area contributed by atoms with Crippen LogP contribution in [0.15, 0.2) is 24.3 Å². The van der Waals surface area contributed by atoms with Gasteiger partial charge in [-0.05, 0) is 31.4 Å². The molecule has 3 rings (SSSR count). The van der Waals surface area contributed by atoms with E-state index in [2.05, 4.69) is 4.90 Å². The molecule has 2 aliphatic rings.